The van der Waals surface area contributed by atoms with Crippen molar-refractivity contribution in [2.45, 2.75) is 0 Å². The van der Waals surface area contributed by atoms with Crippen molar-refractivity contribution < 1.29 is 14.3 Å². The topological polar surface area (TPSA) is 38.8 Å². The molecule has 2 rings (SSSR count). The largest absolute Gasteiger partial charge is 0.490 e. The van der Waals surface area contributed by atoms with E-state index in [0.717, 1.165) is 16.7 Å². The van der Waals surface area contributed by atoms with E-state index < -0.39 is 0 Å². The second-order valence-electron chi connectivity index (χ2n) is 3.57. The minimum Gasteiger partial charge on any atom is -0.490 e. The number of fused-ring (bicyclic) bond motifs is 1. The molecule has 5 heteroatoms. The van der Waals surface area contributed by atoms with Gasteiger partial charge < -0.3 is 14.4 Å². The molecule has 0 saturated heterocycles. The number of ether oxygens (including phenoxy) is 2. The van der Waals surface area contributed by atoms with E-state index in [4.69, 9.17) is 4.74 Å². The molecule has 4 nitrogen and oxygen atoms in total. The van der Waals surface area contributed by atoms with E-state index in [1.807, 2.05) is 7.05 Å². The van der Waals surface area contributed by atoms with E-state index in [2.05, 4.69) is 25.6 Å². The van der Waals surface area contributed by atoms with Crippen molar-refractivity contribution in [2.75, 3.05) is 32.2 Å². The summed E-state index contributed by atoms with van der Waals surface area (Å²) in [5.74, 6) is 0.351. The van der Waals surface area contributed by atoms with Gasteiger partial charge >= 0.3 is 5.97 Å². The van der Waals surface area contributed by atoms with Crippen molar-refractivity contribution in [1.29, 1.82) is 0 Å². The van der Waals surface area contributed by atoms with Crippen LogP contribution >= 0.6 is 15.9 Å². The van der Waals surface area contributed by atoms with Crippen molar-refractivity contribution in [1.82, 2.24) is 0 Å². The van der Waals surface area contributed by atoms with E-state index in [1.54, 1.807) is 12.1 Å². The van der Waals surface area contributed by atoms with Crippen molar-refractivity contribution in [2.24, 2.45) is 0 Å². The molecule has 0 spiro atoms. The van der Waals surface area contributed by atoms with E-state index in [-0.39, 0.29) is 5.97 Å². The second kappa shape index (κ2) is 4.33. The first-order valence-corrected chi connectivity index (χ1v) is 5.68. The van der Waals surface area contributed by atoms with Gasteiger partial charge in [-0.1, -0.05) is 0 Å². The van der Waals surface area contributed by atoms with E-state index >= 15 is 0 Å². The first kappa shape index (κ1) is 11.3. The summed E-state index contributed by atoms with van der Waals surface area (Å²) < 4.78 is 11.1. The van der Waals surface area contributed by atoms with Crippen molar-refractivity contribution in [3.63, 3.8) is 0 Å². The zero-order valence-electron chi connectivity index (χ0n) is 9.12. The number of carbonyl (C=O) groups is 1. The number of hydrogen-bond acceptors (Lipinski definition) is 4. The number of hydrogen-bond donors (Lipinski definition) is 0. The molecule has 0 saturated carbocycles. The third kappa shape index (κ3) is 1.87. The fourth-order valence-electron chi connectivity index (χ4n) is 1.69. The van der Waals surface area contributed by atoms with Gasteiger partial charge in [0.15, 0.2) is 0 Å². The average molecular weight is 286 g/mol. The highest BCUT2D eigenvalue weighted by Gasteiger charge is 2.21. The smallest absolute Gasteiger partial charge is 0.338 e. The molecule has 1 aliphatic rings. The van der Waals surface area contributed by atoms with Crippen LogP contribution in [0.25, 0.3) is 0 Å². The van der Waals surface area contributed by atoms with Crippen LogP contribution in [0.2, 0.25) is 0 Å². The van der Waals surface area contributed by atoms with Crippen LogP contribution in [0.3, 0.4) is 0 Å². The molecular weight excluding hydrogens is 274 g/mol. The Hall–Kier alpha value is -1.23. The Morgan fingerprint density at radius 2 is 2.31 bits per heavy atom. The Kier molecular flexibility index (Phi) is 3.05. The van der Waals surface area contributed by atoms with E-state index in [1.165, 1.54) is 7.11 Å². The Balaban J connectivity index is 2.49. The number of anilines is 1. The van der Waals surface area contributed by atoms with Gasteiger partial charge in [-0.15, -0.1) is 0 Å². The molecule has 86 valence electrons. The van der Waals surface area contributed by atoms with Gasteiger partial charge in [-0.05, 0) is 28.1 Å². The van der Waals surface area contributed by atoms with Gasteiger partial charge in [-0.3, -0.25) is 0 Å². The number of nitrogens with zero attached hydrogens (tertiary/aromatic N) is 1. The van der Waals surface area contributed by atoms with Crippen molar-refractivity contribution in [3.8, 4) is 5.75 Å². The number of carbonyl (C=O) groups excluding carboxylic acids is 1. The third-order valence-corrected chi connectivity index (χ3v) is 3.12. The summed E-state index contributed by atoms with van der Waals surface area (Å²) in [5.41, 5.74) is 1.46. The first-order valence-electron chi connectivity index (χ1n) is 4.89. The highest BCUT2D eigenvalue weighted by Crippen LogP contribution is 2.38. The summed E-state index contributed by atoms with van der Waals surface area (Å²) in [7, 11) is 3.35. The maximum Gasteiger partial charge on any atom is 0.338 e. The Morgan fingerprint density at radius 3 is 3.00 bits per heavy atom. The van der Waals surface area contributed by atoms with Gasteiger partial charge in [0, 0.05) is 11.5 Å². The maximum atomic E-state index is 11.4. The standard InChI is InChI=1S/C11H12BrNO3/c1-13-3-4-16-9-6-7(11(14)15-2)5-8(12)10(9)13/h5-6H,3-4H2,1-2H3. The molecule has 0 aromatic heterocycles. The van der Waals surface area contributed by atoms with E-state index in [0.29, 0.717) is 17.9 Å². The van der Waals surface area contributed by atoms with Gasteiger partial charge in [-0.25, -0.2) is 4.79 Å². The molecule has 0 bridgehead atoms. The molecule has 0 fully saturated rings. The summed E-state index contributed by atoms with van der Waals surface area (Å²) in [5, 5.41) is 0. The van der Waals surface area contributed by atoms with Crippen LogP contribution in [-0.4, -0.2) is 33.3 Å². The summed E-state index contributed by atoms with van der Waals surface area (Å²) in [6.45, 7) is 1.46. The van der Waals surface area contributed by atoms with Crippen LogP contribution in [0.5, 0.6) is 5.75 Å². The Bertz CT molecular complexity index is 433. The molecule has 0 N–H and O–H groups in total. The van der Waals surface area contributed by atoms with Crippen LogP contribution in [0.1, 0.15) is 10.4 Å². The minimum absolute atomic E-state index is 0.361. The van der Waals surface area contributed by atoms with Gasteiger partial charge in [0.2, 0.25) is 0 Å². The summed E-state index contributed by atoms with van der Waals surface area (Å²) in [6, 6.07) is 3.46. The number of benzene rings is 1. The highest BCUT2D eigenvalue weighted by atomic mass is 79.9. The van der Waals surface area contributed by atoms with Gasteiger partial charge in [0.1, 0.15) is 12.4 Å². The lowest BCUT2D eigenvalue weighted by Crippen LogP contribution is -2.29. The van der Waals surface area contributed by atoms with E-state index in [9.17, 15) is 4.79 Å². The lowest BCUT2D eigenvalue weighted by Gasteiger charge is -2.29. The van der Waals surface area contributed by atoms with Crippen LogP contribution in [-0.2, 0) is 4.74 Å². The Morgan fingerprint density at radius 1 is 1.56 bits per heavy atom. The van der Waals surface area contributed by atoms with Gasteiger partial charge in [0.25, 0.3) is 0 Å². The normalized spacial score (nSPS) is 14.1. The molecule has 0 radical (unpaired) electrons. The summed E-state index contributed by atoms with van der Waals surface area (Å²) in [6.07, 6.45) is 0. The molecule has 1 aromatic carbocycles. The maximum absolute atomic E-state index is 11.4. The number of likely N-dealkylation sites (N-methyl/N-ethyl adjacent to an activating group) is 1. The average Bonchev–Trinajstić information content (AvgIpc) is 2.27. The number of rotatable bonds is 1. The van der Waals surface area contributed by atoms with Gasteiger partial charge in [0.05, 0.1) is 24.9 Å². The van der Waals surface area contributed by atoms with Crippen molar-refractivity contribution in [3.05, 3.63) is 22.2 Å². The number of halogens is 1. The molecule has 16 heavy (non-hydrogen) atoms. The number of esters is 1. The molecular formula is C11H12BrNO3. The second-order valence-corrected chi connectivity index (χ2v) is 4.42. The van der Waals surface area contributed by atoms with Gasteiger partial charge in [-0.2, -0.15) is 0 Å². The van der Waals surface area contributed by atoms with Crippen LogP contribution in [0, 0.1) is 0 Å². The molecule has 0 aliphatic carbocycles. The van der Waals surface area contributed by atoms with Crippen molar-refractivity contribution >= 4 is 27.6 Å². The lowest BCUT2D eigenvalue weighted by atomic mass is 10.1. The SMILES string of the molecule is COC(=O)c1cc(Br)c2c(c1)OCCN2C. The zero-order chi connectivity index (χ0) is 11.7. The quantitative estimate of drug-likeness (QED) is 0.741. The minimum atomic E-state index is -0.361. The summed E-state index contributed by atoms with van der Waals surface area (Å²) in [4.78, 5) is 13.5. The fraction of sp³-hybridized carbons (Fsp3) is 0.364. The Labute approximate surface area is 102 Å². The molecule has 0 unspecified atom stereocenters. The summed E-state index contributed by atoms with van der Waals surface area (Å²) >= 11 is 3.44. The molecule has 1 aliphatic heterocycles. The fourth-order valence-corrected chi connectivity index (χ4v) is 2.44. The predicted octanol–water partition coefficient (Wildman–Crippen LogP) is 2.06. The lowest BCUT2D eigenvalue weighted by molar-refractivity contribution is 0.0600. The molecule has 0 amide bonds. The van der Waals surface area contributed by atoms with Crippen LogP contribution < -0.4 is 9.64 Å². The van der Waals surface area contributed by atoms with Crippen LogP contribution in [0.4, 0.5) is 5.69 Å². The monoisotopic (exact) mass is 285 g/mol. The highest BCUT2D eigenvalue weighted by molar-refractivity contribution is 9.10. The van der Waals surface area contributed by atoms with Crippen LogP contribution in [0.15, 0.2) is 16.6 Å². The molecule has 0 atom stereocenters. The zero-order valence-corrected chi connectivity index (χ0v) is 10.7. The molecule has 1 heterocycles. The molecule has 1 aromatic rings. The third-order valence-electron chi connectivity index (χ3n) is 2.52. The first-order chi connectivity index (χ1) is 7.63. The predicted molar refractivity (Wildman–Crippen MR) is 64.2 cm³/mol. The number of methoxy groups -OCH3 is 1.